The van der Waals surface area contributed by atoms with Crippen molar-refractivity contribution in [2.45, 2.75) is 51.1 Å². The van der Waals surface area contributed by atoms with Crippen molar-refractivity contribution >= 4 is 10.0 Å². The fraction of sp³-hybridized carbons (Fsp3) is 0.769. The van der Waals surface area contributed by atoms with Crippen LogP contribution in [0.4, 0.5) is 0 Å². The van der Waals surface area contributed by atoms with Gasteiger partial charge in [-0.2, -0.15) is 5.10 Å². The minimum atomic E-state index is -3.43. The summed E-state index contributed by atoms with van der Waals surface area (Å²) in [6, 6.07) is 0.0459. The molecule has 0 radical (unpaired) electrons. The number of hydrogen-bond acceptors (Lipinski definition) is 4. The normalized spacial score (nSPS) is 21.1. The first-order chi connectivity index (χ1) is 9.35. The van der Waals surface area contributed by atoms with Crippen LogP contribution in [0.1, 0.15) is 33.6 Å². The van der Waals surface area contributed by atoms with Gasteiger partial charge in [0.1, 0.15) is 4.90 Å². The maximum absolute atomic E-state index is 12.2. The van der Waals surface area contributed by atoms with Gasteiger partial charge in [0, 0.05) is 18.8 Å². The maximum Gasteiger partial charge on any atom is 0.243 e. The fourth-order valence-corrected chi connectivity index (χ4v) is 3.43. The third-order valence-electron chi connectivity index (χ3n) is 3.72. The van der Waals surface area contributed by atoms with Crippen LogP contribution in [0.25, 0.3) is 0 Å². The highest BCUT2D eigenvalue weighted by Crippen LogP contribution is 2.45. The van der Waals surface area contributed by atoms with Gasteiger partial charge in [0.25, 0.3) is 0 Å². The number of hydrogen-bond donors (Lipinski definition) is 2. The molecule has 1 atom stereocenters. The molecular weight excluding hydrogens is 276 g/mol. The number of aromatic nitrogens is 2. The number of aryl methyl sites for hydroxylation is 1. The van der Waals surface area contributed by atoms with Gasteiger partial charge in [-0.3, -0.25) is 4.68 Å². The third kappa shape index (κ3) is 3.80. The summed E-state index contributed by atoms with van der Waals surface area (Å²) in [6.45, 7) is 8.75. The van der Waals surface area contributed by atoms with Crippen LogP contribution in [0.2, 0.25) is 0 Å². The van der Waals surface area contributed by atoms with Crippen LogP contribution < -0.4 is 10.0 Å². The molecule has 1 heterocycles. The van der Waals surface area contributed by atoms with E-state index in [9.17, 15) is 8.42 Å². The lowest BCUT2D eigenvalue weighted by Crippen LogP contribution is -2.28. The zero-order chi connectivity index (χ0) is 14.8. The lowest BCUT2D eigenvalue weighted by molar-refractivity contribution is 0.546. The van der Waals surface area contributed by atoms with Crippen LogP contribution in [0.5, 0.6) is 0 Å². The predicted molar refractivity (Wildman–Crippen MR) is 77.9 cm³/mol. The summed E-state index contributed by atoms with van der Waals surface area (Å²) >= 11 is 0. The Morgan fingerprint density at radius 1 is 1.50 bits per heavy atom. The Bertz CT molecular complexity index is 550. The van der Waals surface area contributed by atoms with Crippen LogP contribution in [0.3, 0.4) is 0 Å². The number of nitrogens with one attached hydrogen (secondary N) is 2. The van der Waals surface area contributed by atoms with Gasteiger partial charge in [-0.1, -0.05) is 20.8 Å². The van der Waals surface area contributed by atoms with E-state index in [2.05, 4.69) is 35.9 Å². The number of sulfonamides is 1. The molecule has 0 aliphatic heterocycles. The van der Waals surface area contributed by atoms with E-state index in [1.807, 2.05) is 0 Å². The molecule has 1 fully saturated rings. The minimum Gasteiger partial charge on any atom is -0.317 e. The van der Waals surface area contributed by atoms with Crippen molar-refractivity contribution in [1.82, 2.24) is 19.8 Å². The second kappa shape index (κ2) is 5.83. The van der Waals surface area contributed by atoms with E-state index in [1.54, 1.807) is 10.9 Å². The van der Waals surface area contributed by atoms with E-state index >= 15 is 0 Å². The van der Waals surface area contributed by atoms with Crippen molar-refractivity contribution in [1.29, 1.82) is 0 Å². The second-order valence-electron chi connectivity index (χ2n) is 6.01. The molecule has 1 aromatic rings. The summed E-state index contributed by atoms with van der Waals surface area (Å²) in [5, 5.41) is 7.34. The molecule has 1 aromatic heterocycles. The van der Waals surface area contributed by atoms with Crippen molar-refractivity contribution in [2.75, 3.05) is 13.1 Å². The second-order valence-corrected chi connectivity index (χ2v) is 7.73. The first-order valence-corrected chi connectivity index (χ1v) is 8.59. The molecule has 2 N–H and O–H groups in total. The van der Waals surface area contributed by atoms with Crippen molar-refractivity contribution in [3.63, 3.8) is 0 Å². The Labute approximate surface area is 121 Å². The van der Waals surface area contributed by atoms with E-state index in [0.29, 0.717) is 0 Å². The zero-order valence-corrected chi connectivity index (χ0v) is 13.2. The zero-order valence-electron chi connectivity index (χ0n) is 12.4. The van der Waals surface area contributed by atoms with Crippen LogP contribution in [0.15, 0.2) is 17.3 Å². The molecule has 0 bridgehead atoms. The van der Waals surface area contributed by atoms with Gasteiger partial charge in [-0.05, 0) is 31.3 Å². The molecule has 20 heavy (non-hydrogen) atoms. The summed E-state index contributed by atoms with van der Waals surface area (Å²) in [5.41, 5.74) is 0.0783. The van der Waals surface area contributed by atoms with Crippen LogP contribution >= 0.6 is 0 Å². The highest BCUT2D eigenvalue weighted by molar-refractivity contribution is 7.89. The Kier molecular flexibility index (Phi) is 4.51. The number of rotatable bonds is 8. The van der Waals surface area contributed by atoms with Crippen molar-refractivity contribution in [3.05, 3.63) is 12.4 Å². The standard InChI is InChI=1S/C13H24N4O2S/c1-4-14-6-5-7-17-10-11(9-15-17)20(18,19)16-12-8-13(12,2)3/h9-10,12,14,16H,4-8H2,1-3H3. The van der Waals surface area contributed by atoms with Gasteiger partial charge < -0.3 is 5.32 Å². The lowest BCUT2D eigenvalue weighted by atomic mass is 10.2. The molecule has 1 aliphatic rings. The van der Waals surface area contributed by atoms with Gasteiger partial charge in [0.15, 0.2) is 0 Å². The SMILES string of the molecule is CCNCCCn1cc(S(=O)(=O)NC2CC2(C)C)cn1. The molecule has 6 nitrogen and oxygen atoms in total. The van der Waals surface area contributed by atoms with Gasteiger partial charge in [0.2, 0.25) is 10.0 Å². The van der Waals surface area contributed by atoms with Gasteiger partial charge >= 0.3 is 0 Å². The average Bonchev–Trinajstić information content (AvgIpc) is 2.80. The van der Waals surface area contributed by atoms with Crippen LogP contribution in [-0.4, -0.2) is 37.3 Å². The summed E-state index contributed by atoms with van der Waals surface area (Å²) in [7, 11) is -3.43. The number of nitrogens with zero attached hydrogens (tertiary/aromatic N) is 2. The molecule has 1 aliphatic carbocycles. The largest absolute Gasteiger partial charge is 0.317 e. The molecule has 0 spiro atoms. The van der Waals surface area contributed by atoms with E-state index in [-0.39, 0.29) is 16.4 Å². The van der Waals surface area contributed by atoms with E-state index in [0.717, 1.165) is 32.5 Å². The van der Waals surface area contributed by atoms with Crippen LogP contribution in [-0.2, 0) is 16.6 Å². The molecule has 2 rings (SSSR count). The Balaban J connectivity index is 1.90. The Morgan fingerprint density at radius 2 is 2.20 bits per heavy atom. The first kappa shape index (κ1) is 15.5. The predicted octanol–water partition coefficient (Wildman–Crippen LogP) is 0.960. The van der Waals surface area contributed by atoms with E-state index in [1.165, 1.54) is 6.20 Å². The van der Waals surface area contributed by atoms with E-state index < -0.39 is 10.0 Å². The molecule has 0 saturated heterocycles. The third-order valence-corrected chi connectivity index (χ3v) is 5.15. The Morgan fingerprint density at radius 3 is 2.80 bits per heavy atom. The molecule has 0 amide bonds. The van der Waals surface area contributed by atoms with E-state index in [4.69, 9.17) is 0 Å². The summed E-state index contributed by atoms with van der Waals surface area (Å²) in [6.07, 6.45) is 4.84. The topological polar surface area (TPSA) is 76.0 Å². The molecule has 7 heteroatoms. The highest BCUT2D eigenvalue weighted by Gasteiger charge is 2.48. The van der Waals surface area contributed by atoms with Gasteiger partial charge in [-0.15, -0.1) is 0 Å². The molecule has 114 valence electrons. The summed E-state index contributed by atoms with van der Waals surface area (Å²) in [4.78, 5) is 0.253. The highest BCUT2D eigenvalue weighted by atomic mass is 32.2. The minimum absolute atomic E-state index is 0.0459. The van der Waals surface area contributed by atoms with Crippen molar-refractivity contribution in [3.8, 4) is 0 Å². The molecular formula is C13H24N4O2S. The quantitative estimate of drug-likeness (QED) is 0.701. The molecule has 0 aromatic carbocycles. The smallest absolute Gasteiger partial charge is 0.243 e. The monoisotopic (exact) mass is 300 g/mol. The van der Waals surface area contributed by atoms with Crippen LogP contribution in [0, 0.1) is 5.41 Å². The molecule has 1 unspecified atom stereocenters. The Hall–Kier alpha value is -0.920. The average molecular weight is 300 g/mol. The lowest BCUT2D eigenvalue weighted by Gasteiger charge is -2.06. The van der Waals surface area contributed by atoms with Crippen molar-refractivity contribution < 1.29 is 8.42 Å². The summed E-state index contributed by atoms with van der Waals surface area (Å²) < 4.78 is 28.8. The fourth-order valence-electron chi connectivity index (χ4n) is 2.07. The van der Waals surface area contributed by atoms with Gasteiger partial charge in [-0.25, -0.2) is 13.1 Å². The van der Waals surface area contributed by atoms with Crippen molar-refractivity contribution in [2.24, 2.45) is 5.41 Å². The molecule has 1 saturated carbocycles. The summed E-state index contributed by atoms with van der Waals surface area (Å²) in [5.74, 6) is 0. The first-order valence-electron chi connectivity index (χ1n) is 7.10. The van der Waals surface area contributed by atoms with Gasteiger partial charge in [0.05, 0.1) is 6.20 Å². The maximum atomic E-state index is 12.2.